The molecule has 32 heavy (non-hydrogen) atoms. The normalized spacial score (nSPS) is 12.1. The minimum absolute atomic E-state index is 0.0161. The number of aliphatic carboxylic acids is 1. The monoisotopic (exact) mass is 468 g/mol. The van der Waals surface area contributed by atoms with Gasteiger partial charge in [0.2, 0.25) is 5.91 Å². The summed E-state index contributed by atoms with van der Waals surface area (Å²) >= 11 is 5.64. The Bertz CT molecular complexity index is 1290. The van der Waals surface area contributed by atoms with Crippen LogP contribution in [0.1, 0.15) is 28.5 Å². The molecule has 0 spiro atoms. The number of hydrogen-bond acceptors (Lipinski definition) is 4. The van der Waals surface area contributed by atoms with Gasteiger partial charge in [0, 0.05) is 22.7 Å². The molecule has 0 aliphatic carbocycles. The largest absolute Gasteiger partial charge is 0.503 e. The number of carboxylic acids is 1. The third kappa shape index (κ3) is 4.01. The number of hydrogen-bond donors (Lipinski definition) is 3. The number of fused-ring (bicyclic) bond motifs is 1. The van der Waals surface area contributed by atoms with E-state index in [-0.39, 0.29) is 27.4 Å². The Morgan fingerprint density at radius 1 is 1.16 bits per heavy atom. The Kier molecular flexibility index (Phi) is 6.18. The zero-order chi connectivity index (χ0) is 23.9. The lowest BCUT2D eigenvalue weighted by Gasteiger charge is -2.10. The van der Waals surface area contributed by atoms with Crippen molar-refractivity contribution in [1.82, 2.24) is 9.88 Å². The smallest absolute Gasteiger partial charge is 0.325 e. The number of aromatic hydroxyl groups is 1. The molecular weight excluding hydrogens is 453 g/mol. The van der Waals surface area contributed by atoms with Crippen molar-refractivity contribution in [3.05, 3.63) is 63.6 Å². The van der Waals surface area contributed by atoms with E-state index in [1.165, 1.54) is 19.9 Å². The number of phenolic OH excluding ortho intramolecular Hbond substituents is 1. The molecule has 1 unspecified atom stereocenters. The molecule has 3 rings (SSSR count). The minimum atomic E-state index is -1.40. The highest BCUT2D eigenvalue weighted by Gasteiger charge is 2.28. The van der Waals surface area contributed by atoms with Gasteiger partial charge >= 0.3 is 5.97 Å². The van der Waals surface area contributed by atoms with Crippen molar-refractivity contribution >= 4 is 40.3 Å². The lowest BCUT2D eigenvalue weighted by Crippen LogP contribution is -2.39. The summed E-state index contributed by atoms with van der Waals surface area (Å²) in [5, 5.41) is 20.2. The van der Waals surface area contributed by atoms with Gasteiger partial charge in [-0.3, -0.25) is 19.0 Å². The molecule has 0 saturated heterocycles. The van der Waals surface area contributed by atoms with E-state index in [0.717, 1.165) is 16.7 Å². The predicted molar refractivity (Wildman–Crippen MR) is 108 cm³/mol. The molecule has 11 heteroatoms. The fraction of sp³-hybridized carbons (Fsp3) is 0.190. The molecule has 0 bridgehead atoms. The first-order chi connectivity index (χ1) is 14.9. The Morgan fingerprint density at radius 2 is 1.81 bits per heavy atom. The van der Waals surface area contributed by atoms with Gasteiger partial charge in [0.15, 0.2) is 17.4 Å². The highest BCUT2D eigenvalue weighted by atomic mass is 35.5. The number of amides is 1. The summed E-state index contributed by atoms with van der Waals surface area (Å²) in [5.41, 5.74) is -0.547. The van der Waals surface area contributed by atoms with Gasteiger partial charge in [-0.05, 0) is 37.6 Å². The highest BCUT2D eigenvalue weighted by molar-refractivity contribution is 6.30. The number of aromatic nitrogens is 1. The van der Waals surface area contributed by atoms with E-state index < -0.39 is 58.8 Å². The first-order valence-electron chi connectivity index (χ1n) is 9.16. The third-order valence-corrected chi connectivity index (χ3v) is 5.25. The Labute approximate surface area is 184 Å². The van der Waals surface area contributed by atoms with Gasteiger partial charge in [0.25, 0.3) is 5.91 Å². The van der Waals surface area contributed by atoms with Crippen molar-refractivity contribution in [2.75, 3.05) is 0 Å². The maximum absolute atomic E-state index is 14.8. The molecule has 3 N–H and O–H groups in total. The van der Waals surface area contributed by atoms with Crippen molar-refractivity contribution in [2.24, 2.45) is 0 Å². The molecule has 0 saturated carbocycles. The lowest BCUT2D eigenvalue weighted by molar-refractivity contribution is -0.141. The molecule has 1 heterocycles. The Morgan fingerprint density at radius 3 is 2.41 bits per heavy atom. The number of benzene rings is 2. The van der Waals surface area contributed by atoms with Crippen LogP contribution in [0.25, 0.3) is 10.9 Å². The van der Waals surface area contributed by atoms with Crippen LogP contribution in [0.15, 0.2) is 24.3 Å². The van der Waals surface area contributed by atoms with Crippen LogP contribution in [-0.4, -0.2) is 38.6 Å². The van der Waals surface area contributed by atoms with Crippen LogP contribution in [0.5, 0.6) is 5.75 Å². The summed E-state index contributed by atoms with van der Waals surface area (Å²) in [6.07, 6.45) is -0.572. The molecule has 0 aliphatic heterocycles. The summed E-state index contributed by atoms with van der Waals surface area (Å²) in [5.74, 6) is -7.91. The van der Waals surface area contributed by atoms with Crippen LogP contribution < -0.4 is 5.32 Å². The fourth-order valence-electron chi connectivity index (χ4n) is 3.31. The van der Waals surface area contributed by atoms with Gasteiger partial charge < -0.3 is 15.5 Å². The number of halogens is 4. The fourth-order valence-corrected chi connectivity index (χ4v) is 3.42. The van der Waals surface area contributed by atoms with Crippen LogP contribution in [0.4, 0.5) is 13.2 Å². The molecule has 0 aliphatic rings. The molecule has 168 valence electrons. The zero-order valence-corrected chi connectivity index (χ0v) is 17.4. The number of carbonyl (C=O) groups excluding carboxylic acids is 2. The van der Waals surface area contributed by atoms with Crippen LogP contribution >= 0.6 is 11.6 Å². The molecule has 1 amide bonds. The first-order valence-corrected chi connectivity index (χ1v) is 9.54. The average Bonchev–Trinajstić information content (AvgIpc) is 2.98. The van der Waals surface area contributed by atoms with E-state index in [9.17, 15) is 32.7 Å². The zero-order valence-electron chi connectivity index (χ0n) is 16.7. The number of nitrogens with zero attached hydrogens (tertiary/aromatic N) is 1. The molecular formula is C21H16ClF3N2O5. The van der Waals surface area contributed by atoms with Crippen molar-refractivity contribution < 1.29 is 37.8 Å². The predicted octanol–water partition coefficient (Wildman–Crippen LogP) is 3.55. The summed E-state index contributed by atoms with van der Waals surface area (Å²) in [6, 6.07) is 2.67. The summed E-state index contributed by atoms with van der Waals surface area (Å²) < 4.78 is 43.7. The Hall–Kier alpha value is -3.53. The molecule has 2 aromatic carbocycles. The van der Waals surface area contributed by atoms with E-state index in [1.807, 2.05) is 0 Å². The van der Waals surface area contributed by atoms with E-state index in [0.29, 0.717) is 6.07 Å². The van der Waals surface area contributed by atoms with Gasteiger partial charge in [-0.25, -0.2) is 13.2 Å². The second-order valence-corrected chi connectivity index (χ2v) is 7.46. The number of nitrogens with one attached hydrogen (secondary N) is 1. The maximum Gasteiger partial charge on any atom is 0.325 e. The van der Waals surface area contributed by atoms with Gasteiger partial charge in [-0.15, -0.1) is 0 Å². The van der Waals surface area contributed by atoms with Crippen LogP contribution in [0, 0.1) is 24.4 Å². The molecule has 0 radical (unpaired) electrons. The summed E-state index contributed by atoms with van der Waals surface area (Å²) in [6.45, 7) is 2.57. The number of phenols is 1. The molecule has 7 nitrogen and oxygen atoms in total. The minimum Gasteiger partial charge on any atom is -0.503 e. The van der Waals surface area contributed by atoms with Crippen LogP contribution in [0.3, 0.4) is 0 Å². The van der Waals surface area contributed by atoms with Gasteiger partial charge in [-0.1, -0.05) is 11.6 Å². The Balaban J connectivity index is 2.20. The van der Waals surface area contributed by atoms with E-state index in [2.05, 4.69) is 5.32 Å². The second-order valence-electron chi connectivity index (χ2n) is 7.05. The maximum atomic E-state index is 14.8. The SMILES string of the molecule is Cc1c(CC(=O)NC(C)C(=O)O)c2c(F)c(O)c(F)cc2n1C(=O)c1ccc(Cl)c(F)c1. The van der Waals surface area contributed by atoms with Crippen molar-refractivity contribution in [3.63, 3.8) is 0 Å². The van der Waals surface area contributed by atoms with E-state index in [4.69, 9.17) is 16.7 Å². The van der Waals surface area contributed by atoms with E-state index >= 15 is 0 Å². The van der Waals surface area contributed by atoms with Crippen LogP contribution in [-0.2, 0) is 16.0 Å². The third-order valence-electron chi connectivity index (χ3n) is 4.94. The number of carboxylic acid groups (broad SMARTS) is 1. The highest BCUT2D eigenvalue weighted by Crippen LogP contribution is 2.35. The molecule has 1 atom stereocenters. The first kappa shape index (κ1) is 23.1. The van der Waals surface area contributed by atoms with Crippen molar-refractivity contribution in [1.29, 1.82) is 0 Å². The van der Waals surface area contributed by atoms with Gasteiger partial charge in [0.05, 0.1) is 17.0 Å². The van der Waals surface area contributed by atoms with Crippen molar-refractivity contribution in [2.45, 2.75) is 26.3 Å². The average molecular weight is 469 g/mol. The lowest BCUT2D eigenvalue weighted by atomic mass is 10.1. The molecule has 3 aromatic rings. The van der Waals surface area contributed by atoms with Gasteiger partial charge in [0.1, 0.15) is 11.9 Å². The van der Waals surface area contributed by atoms with Crippen LogP contribution in [0.2, 0.25) is 5.02 Å². The van der Waals surface area contributed by atoms with E-state index in [1.54, 1.807) is 0 Å². The topological polar surface area (TPSA) is 109 Å². The van der Waals surface area contributed by atoms with Crippen molar-refractivity contribution in [3.8, 4) is 5.75 Å². The van der Waals surface area contributed by atoms with Gasteiger partial charge in [-0.2, -0.15) is 0 Å². The molecule has 1 aromatic heterocycles. The molecule has 0 fully saturated rings. The second kappa shape index (κ2) is 8.54. The standard InChI is InChI=1S/C21H16ClF3N2O5/c1-8(21(31)32)26-16(28)6-11-9(2)27(15-7-14(24)19(29)18(25)17(11)15)20(30)10-3-4-12(22)13(23)5-10/h3-5,7-8,29H,6H2,1-2H3,(H,26,28)(H,31,32). The number of carbonyl (C=O) groups is 3. The number of rotatable bonds is 5. The quantitative estimate of drug-likeness (QED) is 0.530. The summed E-state index contributed by atoms with van der Waals surface area (Å²) in [7, 11) is 0. The summed E-state index contributed by atoms with van der Waals surface area (Å²) in [4.78, 5) is 36.4.